The number of carbonyl (C=O) groups excluding carboxylic acids is 1. The van der Waals surface area contributed by atoms with E-state index in [0.717, 1.165) is 28.0 Å². The molecular formula is C32H36N2O4. The molecule has 198 valence electrons. The Bertz CT molecular complexity index is 1350. The Labute approximate surface area is 225 Å². The van der Waals surface area contributed by atoms with Gasteiger partial charge in [0, 0.05) is 32.7 Å². The van der Waals surface area contributed by atoms with Gasteiger partial charge >= 0.3 is 0 Å². The van der Waals surface area contributed by atoms with E-state index < -0.39 is 0 Å². The number of allylic oxidation sites excluding steroid dienone is 3. The zero-order valence-corrected chi connectivity index (χ0v) is 23.1. The first kappa shape index (κ1) is 26.9. The van der Waals surface area contributed by atoms with Crippen LogP contribution in [0.4, 0.5) is 5.69 Å². The molecular weight excluding hydrogens is 476 g/mol. The summed E-state index contributed by atoms with van der Waals surface area (Å²) in [5.41, 5.74) is 8.96. The molecule has 0 bridgehead atoms. The first-order chi connectivity index (χ1) is 18.4. The standard InChI is InChI=1S/C32H36N2O4/c1-21-25(14-15-31(35)33-20-22-10-8-7-9-11-22)28-19-24(34(2)3)12-13-26(28)27(21)16-23-17-29(36-4)32(38-6)30(18-23)37-5/h7-13,16-19H,14-15,20H2,1-6H3,(H,33,35). The highest BCUT2D eigenvalue weighted by Crippen LogP contribution is 2.46. The van der Waals surface area contributed by atoms with E-state index in [1.54, 1.807) is 21.3 Å². The maximum atomic E-state index is 12.7. The maximum absolute atomic E-state index is 12.7. The fourth-order valence-electron chi connectivity index (χ4n) is 4.84. The Hall–Kier alpha value is -4.19. The Balaban J connectivity index is 1.66. The number of amides is 1. The summed E-state index contributed by atoms with van der Waals surface area (Å²) in [5.74, 6) is 1.82. The second-order valence-electron chi connectivity index (χ2n) is 9.51. The second-order valence-corrected chi connectivity index (χ2v) is 9.51. The molecule has 0 saturated carbocycles. The van der Waals surface area contributed by atoms with Crippen LogP contribution in [0.1, 0.15) is 42.0 Å². The van der Waals surface area contributed by atoms with Crippen LogP contribution in [0.15, 0.2) is 66.2 Å². The van der Waals surface area contributed by atoms with Gasteiger partial charge in [-0.3, -0.25) is 4.79 Å². The number of ether oxygens (including phenoxy) is 3. The molecule has 6 heteroatoms. The van der Waals surface area contributed by atoms with E-state index in [0.29, 0.717) is 36.6 Å². The van der Waals surface area contributed by atoms with Crippen LogP contribution in [0, 0.1) is 0 Å². The number of anilines is 1. The molecule has 0 fully saturated rings. The van der Waals surface area contributed by atoms with Crippen molar-refractivity contribution in [3.63, 3.8) is 0 Å². The molecule has 0 aromatic heterocycles. The molecule has 0 aliphatic heterocycles. The molecule has 6 nitrogen and oxygen atoms in total. The molecule has 1 aliphatic rings. The quantitative estimate of drug-likeness (QED) is 0.350. The molecule has 0 unspecified atom stereocenters. The number of rotatable bonds is 10. The van der Waals surface area contributed by atoms with Crippen molar-refractivity contribution in [2.24, 2.45) is 0 Å². The summed E-state index contributed by atoms with van der Waals surface area (Å²) in [4.78, 5) is 14.8. The number of carbonyl (C=O) groups is 1. The number of hydrogen-bond acceptors (Lipinski definition) is 5. The van der Waals surface area contributed by atoms with Crippen LogP contribution in [0.5, 0.6) is 17.2 Å². The highest BCUT2D eigenvalue weighted by Gasteiger charge is 2.25. The first-order valence-electron chi connectivity index (χ1n) is 12.7. The SMILES string of the molecule is COc1cc(C=C2C(C)=C(CCC(=O)NCc3ccccc3)c3cc(N(C)C)ccc32)cc(OC)c1OC. The van der Waals surface area contributed by atoms with Crippen LogP contribution in [0.2, 0.25) is 0 Å². The van der Waals surface area contributed by atoms with Crippen LogP contribution in [0.25, 0.3) is 17.2 Å². The zero-order valence-electron chi connectivity index (χ0n) is 23.1. The number of fused-ring (bicyclic) bond motifs is 1. The zero-order chi connectivity index (χ0) is 27.2. The molecule has 0 radical (unpaired) electrons. The average molecular weight is 513 g/mol. The smallest absolute Gasteiger partial charge is 0.220 e. The lowest BCUT2D eigenvalue weighted by Gasteiger charge is -2.15. The molecule has 38 heavy (non-hydrogen) atoms. The monoisotopic (exact) mass is 512 g/mol. The molecule has 1 amide bonds. The molecule has 0 spiro atoms. The van der Waals surface area contributed by atoms with Crippen molar-refractivity contribution in [1.29, 1.82) is 0 Å². The van der Waals surface area contributed by atoms with Crippen molar-refractivity contribution in [3.05, 3.63) is 88.5 Å². The van der Waals surface area contributed by atoms with Crippen LogP contribution in [-0.2, 0) is 11.3 Å². The fraction of sp³-hybridized carbons (Fsp3) is 0.281. The molecule has 0 atom stereocenters. The van der Waals surface area contributed by atoms with Crippen molar-refractivity contribution >= 4 is 28.8 Å². The van der Waals surface area contributed by atoms with E-state index in [1.165, 1.54) is 16.7 Å². The normalized spacial score (nSPS) is 13.4. The predicted octanol–water partition coefficient (Wildman–Crippen LogP) is 6.20. The Morgan fingerprint density at radius 1 is 0.895 bits per heavy atom. The second kappa shape index (κ2) is 11.9. The van der Waals surface area contributed by atoms with E-state index in [1.807, 2.05) is 56.6 Å². The third kappa shape index (κ3) is 5.70. The molecule has 3 aromatic carbocycles. The topological polar surface area (TPSA) is 60.0 Å². The Morgan fingerprint density at radius 2 is 1.58 bits per heavy atom. The van der Waals surface area contributed by atoms with Gasteiger partial charge in [0.2, 0.25) is 11.7 Å². The van der Waals surface area contributed by atoms with Crippen molar-refractivity contribution in [3.8, 4) is 17.2 Å². The van der Waals surface area contributed by atoms with Gasteiger partial charge in [-0.15, -0.1) is 0 Å². The number of nitrogens with zero attached hydrogens (tertiary/aromatic N) is 1. The van der Waals surface area contributed by atoms with Gasteiger partial charge in [0.25, 0.3) is 0 Å². The minimum Gasteiger partial charge on any atom is -0.493 e. The molecule has 3 aromatic rings. The van der Waals surface area contributed by atoms with Gasteiger partial charge in [0.1, 0.15) is 0 Å². The Morgan fingerprint density at radius 3 is 2.18 bits per heavy atom. The van der Waals surface area contributed by atoms with E-state index >= 15 is 0 Å². The van der Waals surface area contributed by atoms with E-state index in [9.17, 15) is 4.79 Å². The molecule has 1 aliphatic carbocycles. The predicted molar refractivity (Wildman–Crippen MR) is 155 cm³/mol. The summed E-state index contributed by atoms with van der Waals surface area (Å²) >= 11 is 0. The lowest BCUT2D eigenvalue weighted by Crippen LogP contribution is -2.22. The average Bonchev–Trinajstić information content (AvgIpc) is 3.19. The van der Waals surface area contributed by atoms with Gasteiger partial charge in [-0.1, -0.05) is 36.4 Å². The third-order valence-corrected chi connectivity index (χ3v) is 6.92. The lowest BCUT2D eigenvalue weighted by molar-refractivity contribution is -0.121. The van der Waals surface area contributed by atoms with Gasteiger partial charge in [0.15, 0.2) is 11.5 Å². The molecule has 0 heterocycles. The summed E-state index contributed by atoms with van der Waals surface area (Å²) in [7, 11) is 8.92. The van der Waals surface area contributed by atoms with Gasteiger partial charge in [-0.05, 0) is 82.7 Å². The summed E-state index contributed by atoms with van der Waals surface area (Å²) in [5, 5.41) is 3.05. The summed E-state index contributed by atoms with van der Waals surface area (Å²) in [6.45, 7) is 2.67. The molecule has 4 rings (SSSR count). The van der Waals surface area contributed by atoms with E-state index in [2.05, 4.69) is 41.4 Å². The van der Waals surface area contributed by atoms with Crippen LogP contribution in [0.3, 0.4) is 0 Å². The summed E-state index contributed by atoms with van der Waals surface area (Å²) < 4.78 is 16.6. The van der Waals surface area contributed by atoms with Crippen LogP contribution in [-0.4, -0.2) is 41.3 Å². The van der Waals surface area contributed by atoms with Crippen molar-refractivity contribution in [2.75, 3.05) is 40.3 Å². The van der Waals surface area contributed by atoms with Crippen molar-refractivity contribution < 1.29 is 19.0 Å². The van der Waals surface area contributed by atoms with Crippen molar-refractivity contribution in [1.82, 2.24) is 5.32 Å². The number of benzene rings is 3. The number of hydrogen-bond donors (Lipinski definition) is 1. The fourth-order valence-corrected chi connectivity index (χ4v) is 4.84. The van der Waals surface area contributed by atoms with E-state index in [-0.39, 0.29) is 5.91 Å². The number of nitrogens with one attached hydrogen (secondary N) is 1. The highest BCUT2D eigenvalue weighted by atomic mass is 16.5. The van der Waals surface area contributed by atoms with Gasteiger partial charge in [-0.25, -0.2) is 0 Å². The maximum Gasteiger partial charge on any atom is 0.220 e. The van der Waals surface area contributed by atoms with E-state index in [4.69, 9.17) is 14.2 Å². The largest absolute Gasteiger partial charge is 0.493 e. The van der Waals surface area contributed by atoms with Crippen LogP contribution < -0.4 is 24.4 Å². The Kier molecular flexibility index (Phi) is 8.41. The lowest BCUT2D eigenvalue weighted by atomic mass is 9.99. The first-order valence-corrected chi connectivity index (χ1v) is 12.7. The molecule has 1 N–H and O–H groups in total. The van der Waals surface area contributed by atoms with Crippen molar-refractivity contribution in [2.45, 2.75) is 26.3 Å². The van der Waals surface area contributed by atoms with Gasteiger partial charge in [0.05, 0.1) is 21.3 Å². The van der Waals surface area contributed by atoms with Crippen LogP contribution >= 0.6 is 0 Å². The molecule has 0 saturated heterocycles. The minimum atomic E-state index is 0.0431. The summed E-state index contributed by atoms with van der Waals surface area (Å²) in [6, 6.07) is 20.4. The highest BCUT2D eigenvalue weighted by molar-refractivity contribution is 6.06. The minimum absolute atomic E-state index is 0.0431. The van der Waals surface area contributed by atoms with Gasteiger partial charge < -0.3 is 24.4 Å². The number of methoxy groups -OCH3 is 3. The van der Waals surface area contributed by atoms with Gasteiger partial charge in [-0.2, -0.15) is 0 Å². The summed E-state index contributed by atoms with van der Waals surface area (Å²) in [6.07, 6.45) is 3.22. The third-order valence-electron chi connectivity index (χ3n) is 6.92.